The number of amides is 1. The third kappa shape index (κ3) is 6.75. The van der Waals surface area contributed by atoms with Crippen molar-refractivity contribution in [3.8, 4) is 0 Å². The molecule has 0 spiro atoms. The monoisotopic (exact) mass is 578 g/mol. The van der Waals surface area contributed by atoms with Crippen LogP contribution in [0.3, 0.4) is 0 Å². The van der Waals surface area contributed by atoms with Gasteiger partial charge in [-0.1, -0.05) is 12.7 Å². The standard InChI is InChI=1S/C25H28F2N6O4S2/c1-12(25-29-18(11-37-4)13(2)38-25)6-9-16(14(3)39(5,35)36)28-17-10-19(31-24(34)15-7-8-15)30-22-20(17)32-23(33-22)21(26)27/h6,9-10,15,21H,3,7-8,11H2,1-2,4-5H3,(H3,28,30,31,32,33,34)/b12-6+,16-9+. The number of hydrogen-bond donors (Lipinski definition) is 3. The molecule has 4 rings (SSSR count). The summed E-state index contributed by atoms with van der Waals surface area (Å²) in [7, 11) is -2.17. The van der Waals surface area contributed by atoms with Crippen LogP contribution in [0.5, 0.6) is 0 Å². The Hall–Kier alpha value is -3.49. The number of aryl methyl sites for hydroxylation is 1. The number of carbonyl (C=O) groups is 1. The van der Waals surface area contributed by atoms with E-state index in [1.54, 1.807) is 13.2 Å². The second kappa shape index (κ2) is 11.3. The highest BCUT2D eigenvalue weighted by Crippen LogP contribution is 2.33. The van der Waals surface area contributed by atoms with Crippen LogP contribution in [0, 0.1) is 12.8 Å². The van der Waals surface area contributed by atoms with Gasteiger partial charge in [0.2, 0.25) is 5.91 Å². The smallest absolute Gasteiger partial charge is 0.295 e. The second-order valence-corrected chi connectivity index (χ2v) is 12.4. The quantitative estimate of drug-likeness (QED) is 0.267. The minimum Gasteiger partial charge on any atom is -0.378 e. The van der Waals surface area contributed by atoms with Crippen molar-refractivity contribution in [1.29, 1.82) is 0 Å². The number of sulfone groups is 1. The van der Waals surface area contributed by atoms with Gasteiger partial charge in [0.05, 0.1) is 28.6 Å². The topological polar surface area (TPSA) is 139 Å². The molecule has 1 fully saturated rings. The fourth-order valence-corrected chi connectivity index (χ4v) is 4.96. The number of ether oxygens (including phenoxy) is 1. The van der Waals surface area contributed by atoms with Crippen molar-refractivity contribution < 1.29 is 26.7 Å². The molecule has 1 saturated carbocycles. The van der Waals surface area contributed by atoms with Crippen LogP contribution in [0.2, 0.25) is 0 Å². The fourth-order valence-electron chi connectivity index (χ4n) is 3.54. The van der Waals surface area contributed by atoms with Crippen LogP contribution in [0.1, 0.15) is 47.6 Å². The van der Waals surface area contributed by atoms with Crippen molar-refractivity contribution >= 4 is 55.3 Å². The predicted molar refractivity (Wildman–Crippen MR) is 147 cm³/mol. The number of fused-ring (bicyclic) bond motifs is 1. The summed E-state index contributed by atoms with van der Waals surface area (Å²) in [5, 5.41) is 6.37. The van der Waals surface area contributed by atoms with Gasteiger partial charge in [-0.25, -0.2) is 32.2 Å². The lowest BCUT2D eigenvalue weighted by Gasteiger charge is -2.14. The van der Waals surface area contributed by atoms with E-state index in [1.807, 2.05) is 13.8 Å². The van der Waals surface area contributed by atoms with Crippen molar-refractivity contribution in [2.45, 2.75) is 39.7 Å². The normalized spacial score (nSPS) is 14.7. The van der Waals surface area contributed by atoms with Gasteiger partial charge in [0.1, 0.15) is 16.3 Å². The van der Waals surface area contributed by atoms with E-state index >= 15 is 0 Å². The number of H-pyrrole nitrogens is 1. The Kier molecular flexibility index (Phi) is 8.28. The number of thiazole rings is 1. The van der Waals surface area contributed by atoms with Crippen LogP contribution in [-0.4, -0.2) is 47.6 Å². The molecule has 0 bridgehead atoms. The van der Waals surface area contributed by atoms with Gasteiger partial charge >= 0.3 is 0 Å². The summed E-state index contributed by atoms with van der Waals surface area (Å²) in [6.45, 7) is 7.84. The number of carbonyl (C=O) groups excluding carboxylic acids is 1. The van der Waals surface area contributed by atoms with Crippen molar-refractivity contribution in [3.63, 3.8) is 0 Å². The van der Waals surface area contributed by atoms with E-state index in [0.717, 1.165) is 40.2 Å². The molecule has 1 amide bonds. The van der Waals surface area contributed by atoms with Crippen molar-refractivity contribution in [2.24, 2.45) is 5.92 Å². The summed E-state index contributed by atoms with van der Waals surface area (Å²) in [6, 6.07) is 1.42. The summed E-state index contributed by atoms with van der Waals surface area (Å²) >= 11 is 1.47. The van der Waals surface area contributed by atoms with E-state index in [-0.39, 0.29) is 45.1 Å². The maximum atomic E-state index is 13.4. The van der Waals surface area contributed by atoms with Gasteiger partial charge in [-0.15, -0.1) is 11.3 Å². The number of rotatable bonds is 11. The highest BCUT2D eigenvalue weighted by Gasteiger charge is 2.30. The van der Waals surface area contributed by atoms with Gasteiger partial charge < -0.3 is 20.4 Å². The SMILES string of the molecule is C=C(/C(=C\C=C(/C)c1nc(COC)c(C)s1)Nc1cc(NC(=O)C2CC2)nc2[nH]c(C(F)F)nc12)S(C)(=O)=O. The number of nitrogens with zero attached hydrogens (tertiary/aromatic N) is 3. The summed E-state index contributed by atoms with van der Waals surface area (Å²) in [5.41, 5.74) is 1.84. The summed E-state index contributed by atoms with van der Waals surface area (Å²) in [5.74, 6) is -0.862. The van der Waals surface area contributed by atoms with Gasteiger partial charge in [0.15, 0.2) is 21.3 Å². The van der Waals surface area contributed by atoms with E-state index in [9.17, 15) is 22.0 Å². The number of halogens is 2. The first kappa shape index (κ1) is 28.5. The maximum absolute atomic E-state index is 13.4. The van der Waals surface area contributed by atoms with E-state index in [0.29, 0.717) is 6.61 Å². The molecule has 14 heteroatoms. The molecule has 0 aromatic carbocycles. The summed E-state index contributed by atoms with van der Waals surface area (Å²) in [6.07, 6.45) is 2.83. The van der Waals surface area contributed by atoms with E-state index < -0.39 is 22.1 Å². The zero-order valence-corrected chi connectivity index (χ0v) is 23.4. The highest BCUT2D eigenvalue weighted by atomic mass is 32.2. The van der Waals surface area contributed by atoms with Crippen LogP contribution in [0.4, 0.5) is 20.3 Å². The Bertz CT molecular complexity index is 1600. The van der Waals surface area contributed by atoms with Crippen LogP contribution < -0.4 is 10.6 Å². The summed E-state index contributed by atoms with van der Waals surface area (Å²) < 4.78 is 56.9. The first-order valence-corrected chi connectivity index (χ1v) is 14.6. The predicted octanol–water partition coefficient (Wildman–Crippen LogP) is 5.11. The highest BCUT2D eigenvalue weighted by molar-refractivity contribution is 7.94. The van der Waals surface area contributed by atoms with Crippen LogP contribution in [0.15, 0.2) is 35.4 Å². The molecule has 3 aromatic rings. The number of nitrogens with one attached hydrogen (secondary N) is 3. The third-order valence-electron chi connectivity index (χ3n) is 5.91. The van der Waals surface area contributed by atoms with Crippen molar-refractivity contribution in [1.82, 2.24) is 19.9 Å². The second-order valence-electron chi connectivity index (χ2n) is 9.14. The molecule has 3 aromatic heterocycles. The maximum Gasteiger partial charge on any atom is 0.295 e. The largest absolute Gasteiger partial charge is 0.378 e. The molecule has 10 nitrogen and oxygen atoms in total. The average Bonchev–Trinajstić information content (AvgIpc) is 3.53. The Labute approximate surface area is 228 Å². The minimum absolute atomic E-state index is 0.00127. The van der Waals surface area contributed by atoms with E-state index in [4.69, 9.17) is 4.74 Å². The van der Waals surface area contributed by atoms with Gasteiger partial charge in [-0.05, 0) is 38.3 Å². The number of methoxy groups -OCH3 is 1. The Morgan fingerprint density at radius 1 is 1.28 bits per heavy atom. The third-order valence-corrected chi connectivity index (χ3v) is 8.17. The van der Waals surface area contributed by atoms with E-state index in [1.165, 1.54) is 23.5 Å². The molecule has 0 radical (unpaired) electrons. The van der Waals surface area contributed by atoms with Gasteiger partial charge in [0, 0.05) is 30.2 Å². The zero-order chi connectivity index (χ0) is 28.5. The van der Waals surface area contributed by atoms with Crippen molar-refractivity contribution in [2.75, 3.05) is 24.0 Å². The number of pyridine rings is 1. The number of hydrogen-bond acceptors (Lipinski definition) is 9. The van der Waals surface area contributed by atoms with Crippen LogP contribution in [-0.2, 0) is 26.0 Å². The van der Waals surface area contributed by atoms with Gasteiger partial charge in [-0.2, -0.15) is 0 Å². The molecular formula is C25H28F2N6O4S2. The fraction of sp³-hybridized carbons (Fsp3) is 0.360. The van der Waals surface area contributed by atoms with Crippen LogP contribution >= 0.6 is 11.3 Å². The number of aromatic amines is 1. The molecule has 0 saturated heterocycles. The van der Waals surface area contributed by atoms with E-state index in [2.05, 4.69) is 37.1 Å². The Balaban J connectivity index is 1.76. The minimum atomic E-state index is -3.76. The first-order chi connectivity index (χ1) is 18.4. The number of aromatic nitrogens is 4. The molecule has 0 aliphatic heterocycles. The Morgan fingerprint density at radius 2 is 2.00 bits per heavy atom. The average molecular weight is 579 g/mol. The lowest BCUT2D eigenvalue weighted by molar-refractivity contribution is -0.117. The van der Waals surface area contributed by atoms with Crippen LogP contribution in [0.25, 0.3) is 16.7 Å². The lowest BCUT2D eigenvalue weighted by Crippen LogP contribution is -2.15. The molecule has 39 heavy (non-hydrogen) atoms. The Morgan fingerprint density at radius 3 is 2.62 bits per heavy atom. The number of imidazole rings is 1. The molecule has 3 N–H and O–H groups in total. The number of alkyl halides is 2. The molecule has 1 aliphatic carbocycles. The zero-order valence-electron chi connectivity index (χ0n) is 21.8. The first-order valence-electron chi connectivity index (χ1n) is 11.9. The molecular weight excluding hydrogens is 550 g/mol. The van der Waals surface area contributed by atoms with Gasteiger partial charge in [-0.3, -0.25) is 4.79 Å². The summed E-state index contributed by atoms with van der Waals surface area (Å²) in [4.78, 5) is 28.3. The lowest BCUT2D eigenvalue weighted by atomic mass is 10.2. The van der Waals surface area contributed by atoms with Gasteiger partial charge in [0.25, 0.3) is 6.43 Å². The van der Waals surface area contributed by atoms with Crippen molar-refractivity contribution in [3.05, 3.63) is 56.8 Å². The molecule has 208 valence electrons. The number of anilines is 2. The molecule has 3 heterocycles. The molecule has 0 unspecified atom stereocenters. The molecule has 1 aliphatic rings. The molecule has 0 atom stereocenters. The number of allylic oxidation sites excluding steroid dienone is 3.